The molecule has 3 aromatic rings. The highest BCUT2D eigenvalue weighted by atomic mass is 32.1. The molecule has 5 rings (SSSR count). The normalized spacial score (nSPS) is 19.6. The molecule has 3 nitrogen and oxygen atoms in total. The maximum Gasteiger partial charge on any atom is 0.225 e. The summed E-state index contributed by atoms with van der Waals surface area (Å²) >= 11 is 1.63. The molecule has 39 heavy (non-hydrogen) atoms. The van der Waals surface area contributed by atoms with Crippen molar-refractivity contribution in [3.8, 4) is 0 Å². The van der Waals surface area contributed by atoms with E-state index in [-0.39, 0.29) is 5.41 Å². The number of hydrogen-bond acceptors (Lipinski definition) is 3. The van der Waals surface area contributed by atoms with Crippen LogP contribution in [0, 0.1) is 17.9 Å². The Hall–Kier alpha value is -3.16. The van der Waals surface area contributed by atoms with Crippen molar-refractivity contribution in [3.63, 3.8) is 0 Å². The van der Waals surface area contributed by atoms with Crippen molar-refractivity contribution in [2.24, 2.45) is 11.3 Å². The first-order valence-electron chi connectivity index (χ1n) is 14.7. The molecule has 0 aliphatic heterocycles. The second kappa shape index (κ2) is 11.9. The van der Waals surface area contributed by atoms with Crippen molar-refractivity contribution in [2.45, 2.75) is 72.6 Å². The summed E-state index contributed by atoms with van der Waals surface area (Å²) in [5.41, 5.74) is 8.41. The molecule has 0 spiro atoms. The molecular formula is C35H41N3S. The largest absolute Gasteiger partial charge is 0.372 e. The van der Waals surface area contributed by atoms with E-state index in [1.165, 1.54) is 48.1 Å². The third-order valence-electron chi connectivity index (χ3n) is 8.45. The molecule has 1 unspecified atom stereocenters. The van der Waals surface area contributed by atoms with E-state index in [0.29, 0.717) is 5.92 Å². The SMILES string of the molecule is [C-]#[N+]/C(=C1\C=C2C=C(c3ccc(N(CCCC)CCCC)cc3)CCC2C(C)(C)C1)c1nc2ccccc2s1. The monoisotopic (exact) mass is 535 g/mol. The van der Waals surface area contributed by atoms with Gasteiger partial charge in [-0.25, -0.2) is 9.83 Å². The molecule has 2 aliphatic carbocycles. The van der Waals surface area contributed by atoms with Gasteiger partial charge in [-0.15, -0.1) is 11.3 Å². The predicted octanol–water partition coefficient (Wildman–Crippen LogP) is 10.2. The Labute approximate surface area is 238 Å². The fourth-order valence-corrected chi connectivity index (χ4v) is 7.25. The van der Waals surface area contributed by atoms with Gasteiger partial charge in [0, 0.05) is 18.8 Å². The van der Waals surface area contributed by atoms with Gasteiger partial charge in [-0.05, 0) is 90.0 Å². The van der Waals surface area contributed by atoms with E-state index < -0.39 is 0 Å². The average molecular weight is 536 g/mol. The van der Waals surface area contributed by atoms with Crippen LogP contribution in [0.15, 0.2) is 71.8 Å². The Kier molecular flexibility index (Phi) is 8.38. The van der Waals surface area contributed by atoms with Crippen molar-refractivity contribution in [1.29, 1.82) is 0 Å². The molecule has 0 saturated carbocycles. The number of unbranched alkanes of at least 4 members (excludes halogenated alkanes) is 2. The molecule has 0 saturated heterocycles. The maximum absolute atomic E-state index is 8.07. The van der Waals surface area contributed by atoms with Crippen LogP contribution in [0.4, 0.5) is 5.69 Å². The molecule has 2 aliphatic rings. The standard InChI is InChI=1S/C35H41N3S/c1-6-8-20-38(21-9-7-2)29-17-14-25(15-18-29)26-16-19-30-27(22-26)23-28(24-35(30,3)4)33(36-5)34-37-31-12-10-11-13-32(31)39-34/h10-15,17-18,22-23,30H,6-9,16,19-21,24H2,1-4H3/b33-28+. The Bertz CT molecular complexity index is 1400. The first-order chi connectivity index (χ1) is 18.9. The van der Waals surface area contributed by atoms with Gasteiger partial charge in [-0.3, -0.25) is 0 Å². The lowest BCUT2D eigenvalue weighted by atomic mass is 9.62. The summed E-state index contributed by atoms with van der Waals surface area (Å²) in [5.74, 6) is 0.519. The molecule has 202 valence electrons. The molecular weight excluding hydrogens is 494 g/mol. The fraction of sp³-hybridized carbons (Fsp3) is 0.429. The average Bonchev–Trinajstić information content (AvgIpc) is 3.37. The van der Waals surface area contributed by atoms with E-state index in [2.05, 4.69) is 79.9 Å². The number of benzene rings is 2. The van der Waals surface area contributed by atoms with Crippen LogP contribution in [-0.2, 0) is 0 Å². The minimum atomic E-state index is 0.108. The Balaban J connectivity index is 1.47. The molecule has 0 bridgehead atoms. The quantitative estimate of drug-likeness (QED) is 0.254. The van der Waals surface area contributed by atoms with Crippen LogP contribution < -0.4 is 4.90 Å². The lowest BCUT2D eigenvalue weighted by Crippen LogP contribution is -2.31. The van der Waals surface area contributed by atoms with E-state index in [1.807, 2.05) is 18.2 Å². The van der Waals surface area contributed by atoms with Gasteiger partial charge in [-0.2, -0.15) is 0 Å². The number of fused-ring (bicyclic) bond motifs is 2. The topological polar surface area (TPSA) is 20.5 Å². The third-order valence-corrected chi connectivity index (χ3v) is 9.50. The number of thiazole rings is 1. The van der Waals surface area contributed by atoms with E-state index >= 15 is 0 Å². The first-order valence-corrected chi connectivity index (χ1v) is 15.5. The van der Waals surface area contributed by atoms with Gasteiger partial charge in [-0.1, -0.05) is 77.0 Å². The van der Waals surface area contributed by atoms with Crippen LogP contribution in [0.3, 0.4) is 0 Å². The third kappa shape index (κ3) is 5.89. The van der Waals surface area contributed by atoms with E-state index in [9.17, 15) is 0 Å². The number of allylic oxidation sites excluding steroid dienone is 5. The minimum absolute atomic E-state index is 0.108. The second-order valence-electron chi connectivity index (χ2n) is 11.8. The predicted molar refractivity (Wildman–Crippen MR) is 169 cm³/mol. The molecule has 1 atom stereocenters. The van der Waals surface area contributed by atoms with E-state index in [0.717, 1.165) is 58.8 Å². The maximum atomic E-state index is 8.07. The van der Waals surface area contributed by atoms with Crippen LogP contribution in [0.5, 0.6) is 0 Å². The summed E-state index contributed by atoms with van der Waals surface area (Å²) in [7, 11) is 0. The van der Waals surface area contributed by atoms with E-state index in [1.54, 1.807) is 11.3 Å². The number of aromatic nitrogens is 1. The summed E-state index contributed by atoms with van der Waals surface area (Å²) < 4.78 is 1.14. The van der Waals surface area contributed by atoms with Gasteiger partial charge in [0.1, 0.15) is 5.01 Å². The number of rotatable bonds is 9. The van der Waals surface area contributed by atoms with Gasteiger partial charge < -0.3 is 4.90 Å². The first kappa shape index (κ1) is 27.4. The van der Waals surface area contributed by atoms with Gasteiger partial charge in [0.25, 0.3) is 0 Å². The minimum Gasteiger partial charge on any atom is -0.372 e. The number of anilines is 1. The molecule has 0 fully saturated rings. The summed E-state index contributed by atoms with van der Waals surface area (Å²) in [4.78, 5) is 11.4. The zero-order valence-electron chi connectivity index (χ0n) is 24.0. The highest BCUT2D eigenvalue weighted by Gasteiger charge is 2.38. The van der Waals surface area contributed by atoms with Crippen molar-refractivity contribution < 1.29 is 0 Å². The Morgan fingerprint density at radius 2 is 1.74 bits per heavy atom. The fourth-order valence-electron chi connectivity index (χ4n) is 6.26. The van der Waals surface area contributed by atoms with Crippen molar-refractivity contribution >= 4 is 38.5 Å². The molecule has 2 aromatic carbocycles. The molecule has 0 radical (unpaired) electrons. The van der Waals surface area contributed by atoms with Crippen LogP contribution in [0.25, 0.3) is 26.3 Å². The summed E-state index contributed by atoms with van der Waals surface area (Å²) in [6, 6.07) is 17.5. The van der Waals surface area contributed by atoms with Gasteiger partial charge >= 0.3 is 0 Å². The van der Waals surface area contributed by atoms with Crippen molar-refractivity contribution in [1.82, 2.24) is 4.98 Å². The zero-order valence-corrected chi connectivity index (χ0v) is 24.8. The van der Waals surface area contributed by atoms with Crippen LogP contribution in [-0.4, -0.2) is 18.1 Å². The number of para-hydroxylation sites is 1. The highest BCUT2D eigenvalue weighted by molar-refractivity contribution is 7.19. The zero-order chi connectivity index (χ0) is 27.4. The Morgan fingerprint density at radius 1 is 1.03 bits per heavy atom. The van der Waals surface area contributed by atoms with Crippen LogP contribution in [0.2, 0.25) is 0 Å². The molecule has 1 aromatic heterocycles. The van der Waals surface area contributed by atoms with E-state index in [4.69, 9.17) is 11.6 Å². The molecule has 4 heteroatoms. The molecule has 0 N–H and O–H groups in total. The van der Waals surface area contributed by atoms with Gasteiger partial charge in [0.15, 0.2) is 0 Å². The lowest BCUT2D eigenvalue weighted by molar-refractivity contribution is 0.228. The molecule has 1 heterocycles. The summed E-state index contributed by atoms with van der Waals surface area (Å²) in [6.07, 6.45) is 12.9. The molecule has 0 amide bonds. The number of nitrogens with zero attached hydrogens (tertiary/aromatic N) is 3. The van der Waals surface area contributed by atoms with Gasteiger partial charge in [0.05, 0.1) is 16.8 Å². The smallest absolute Gasteiger partial charge is 0.225 e. The van der Waals surface area contributed by atoms with Gasteiger partial charge in [0.2, 0.25) is 5.70 Å². The van der Waals surface area contributed by atoms with Crippen molar-refractivity contribution in [3.05, 3.63) is 93.8 Å². The highest BCUT2D eigenvalue weighted by Crippen LogP contribution is 2.51. The van der Waals surface area contributed by atoms with Crippen LogP contribution in [0.1, 0.15) is 83.2 Å². The lowest BCUT2D eigenvalue weighted by Gasteiger charge is -2.42. The summed E-state index contributed by atoms with van der Waals surface area (Å²) in [6.45, 7) is 19.6. The van der Waals surface area contributed by atoms with Crippen LogP contribution >= 0.6 is 11.3 Å². The Morgan fingerprint density at radius 3 is 2.41 bits per heavy atom. The second-order valence-corrected chi connectivity index (χ2v) is 12.8. The number of hydrogen-bond donors (Lipinski definition) is 0. The van der Waals surface area contributed by atoms with Crippen molar-refractivity contribution in [2.75, 3.05) is 18.0 Å². The summed E-state index contributed by atoms with van der Waals surface area (Å²) in [5, 5.41) is 0.846.